The molecule has 0 unspecified atom stereocenters. The van der Waals surface area contributed by atoms with Crippen molar-refractivity contribution in [3.63, 3.8) is 0 Å². The largest absolute Gasteiger partial charge is 0.340 e. The third-order valence-electron chi connectivity index (χ3n) is 4.78. The molecule has 2 saturated heterocycles. The van der Waals surface area contributed by atoms with Crippen molar-refractivity contribution < 1.29 is 4.79 Å². The highest BCUT2D eigenvalue weighted by atomic mass is 16.2. The van der Waals surface area contributed by atoms with E-state index < -0.39 is 0 Å². The van der Waals surface area contributed by atoms with E-state index in [9.17, 15) is 4.79 Å². The molecule has 0 atom stereocenters. The first-order valence-electron chi connectivity index (χ1n) is 7.64. The van der Waals surface area contributed by atoms with Gasteiger partial charge >= 0.3 is 0 Å². The van der Waals surface area contributed by atoms with E-state index >= 15 is 0 Å². The van der Waals surface area contributed by atoms with Crippen LogP contribution in [0.4, 0.5) is 0 Å². The molecule has 2 rings (SSSR count). The number of nitrogens with zero attached hydrogens (tertiary/aromatic N) is 4. The molecule has 2 fully saturated rings. The van der Waals surface area contributed by atoms with Gasteiger partial charge < -0.3 is 9.80 Å². The topological polar surface area (TPSA) is 50.6 Å². The fourth-order valence-corrected chi connectivity index (χ4v) is 2.95. The lowest BCUT2D eigenvalue weighted by Crippen LogP contribution is -2.50. The number of amides is 1. The third kappa shape index (κ3) is 3.94. The van der Waals surface area contributed by atoms with Crippen LogP contribution in [0.2, 0.25) is 0 Å². The Kier molecular flexibility index (Phi) is 5.00. The molecule has 112 valence electrons. The summed E-state index contributed by atoms with van der Waals surface area (Å²) in [7, 11) is 0. The van der Waals surface area contributed by atoms with Crippen molar-refractivity contribution in [2.45, 2.75) is 26.7 Å². The van der Waals surface area contributed by atoms with Crippen LogP contribution >= 0.6 is 0 Å². The highest BCUT2D eigenvalue weighted by Gasteiger charge is 2.29. The molecule has 0 aromatic rings. The summed E-state index contributed by atoms with van der Waals surface area (Å²) in [6, 6.07) is 2.45. The Labute approximate surface area is 122 Å². The summed E-state index contributed by atoms with van der Waals surface area (Å²) in [4.78, 5) is 18.1. The van der Waals surface area contributed by atoms with Gasteiger partial charge in [-0.25, -0.2) is 0 Å². The van der Waals surface area contributed by atoms with Crippen LogP contribution in [-0.4, -0.2) is 73.0 Å². The SMILES string of the molecule is CC(=O)N1CCN(CCN2CCC(C)(C#N)CC2)CC1. The minimum absolute atomic E-state index is 0.108. The number of nitriles is 1. The number of hydrogen-bond acceptors (Lipinski definition) is 4. The van der Waals surface area contributed by atoms with Gasteiger partial charge in [0.25, 0.3) is 0 Å². The Morgan fingerprint density at radius 1 is 1.05 bits per heavy atom. The van der Waals surface area contributed by atoms with Crippen molar-refractivity contribution in [3.8, 4) is 6.07 Å². The molecule has 0 bridgehead atoms. The number of piperidine rings is 1. The van der Waals surface area contributed by atoms with Crippen LogP contribution in [0.25, 0.3) is 0 Å². The van der Waals surface area contributed by atoms with Gasteiger partial charge in [0.15, 0.2) is 0 Å². The molecule has 1 amide bonds. The number of piperazine rings is 1. The second-order valence-electron chi connectivity index (χ2n) is 6.36. The van der Waals surface area contributed by atoms with Crippen molar-refractivity contribution in [2.75, 3.05) is 52.4 Å². The quantitative estimate of drug-likeness (QED) is 0.765. The normalized spacial score (nSPS) is 24.4. The average molecular weight is 278 g/mol. The van der Waals surface area contributed by atoms with E-state index in [1.807, 2.05) is 4.90 Å². The van der Waals surface area contributed by atoms with Crippen molar-refractivity contribution in [3.05, 3.63) is 0 Å². The molecule has 0 aromatic heterocycles. The van der Waals surface area contributed by atoms with Crippen LogP contribution < -0.4 is 0 Å². The molecular weight excluding hydrogens is 252 g/mol. The van der Waals surface area contributed by atoms with E-state index in [2.05, 4.69) is 22.8 Å². The van der Waals surface area contributed by atoms with Crippen LogP contribution in [0.1, 0.15) is 26.7 Å². The van der Waals surface area contributed by atoms with E-state index in [0.29, 0.717) is 0 Å². The fraction of sp³-hybridized carbons (Fsp3) is 0.867. The van der Waals surface area contributed by atoms with Gasteiger partial charge in [-0.15, -0.1) is 0 Å². The summed E-state index contributed by atoms with van der Waals surface area (Å²) in [6.07, 6.45) is 1.98. The van der Waals surface area contributed by atoms with Gasteiger partial charge in [-0.2, -0.15) is 5.26 Å². The molecule has 5 nitrogen and oxygen atoms in total. The monoisotopic (exact) mass is 278 g/mol. The summed E-state index contributed by atoms with van der Waals surface area (Å²) in [6.45, 7) is 11.7. The number of hydrogen-bond donors (Lipinski definition) is 0. The highest BCUT2D eigenvalue weighted by Crippen LogP contribution is 2.29. The lowest BCUT2D eigenvalue weighted by molar-refractivity contribution is -0.130. The summed E-state index contributed by atoms with van der Waals surface area (Å²) in [5.41, 5.74) is -0.108. The minimum atomic E-state index is -0.108. The maximum atomic E-state index is 11.3. The predicted molar refractivity (Wildman–Crippen MR) is 78.1 cm³/mol. The molecule has 2 aliphatic rings. The number of carbonyl (C=O) groups excluding carboxylic acids is 1. The standard InChI is InChI=1S/C15H26N4O/c1-14(20)19-11-9-18(10-12-19)8-7-17-5-3-15(2,13-16)4-6-17/h3-12H2,1-2H3. The number of rotatable bonds is 3. The molecule has 2 aliphatic heterocycles. The molecule has 0 saturated carbocycles. The summed E-state index contributed by atoms with van der Waals surface area (Å²) >= 11 is 0. The van der Waals surface area contributed by atoms with Crippen LogP contribution in [0, 0.1) is 16.7 Å². The van der Waals surface area contributed by atoms with E-state index in [0.717, 1.165) is 65.2 Å². The van der Waals surface area contributed by atoms with Crippen LogP contribution in [0.3, 0.4) is 0 Å². The predicted octanol–water partition coefficient (Wildman–Crippen LogP) is 0.776. The lowest BCUT2D eigenvalue weighted by atomic mass is 9.82. The zero-order valence-corrected chi connectivity index (χ0v) is 12.8. The van der Waals surface area contributed by atoms with Gasteiger partial charge in [0.05, 0.1) is 11.5 Å². The second kappa shape index (κ2) is 6.55. The average Bonchev–Trinajstić information content (AvgIpc) is 2.47. The molecule has 5 heteroatoms. The van der Waals surface area contributed by atoms with E-state index in [1.54, 1.807) is 6.92 Å². The minimum Gasteiger partial charge on any atom is -0.340 e. The van der Waals surface area contributed by atoms with Gasteiger partial charge in [0.2, 0.25) is 5.91 Å². The number of carbonyl (C=O) groups is 1. The Balaban J connectivity index is 1.65. The van der Waals surface area contributed by atoms with Crippen molar-refractivity contribution in [1.82, 2.24) is 14.7 Å². The first kappa shape index (κ1) is 15.3. The van der Waals surface area contributed by atoms with E-state index in [-0.39, 0.29) is 11.3 Å². The third-order valence-corrected chi connectivity index (χ3v) is 4.78. The van der Waals surface area contributed by atoms with E-state index in [4.69, 9.17) is 5.26 Å². The second-order valence-corrected chi connectivity index (χ2v) is 6.36. The smallest absolute Gasteiger partial charge is 0.219 e. The Morgan fingerprint density at radius 3 is 2.00 bits per heavy atom. The first-order chi connectivity index (χ1) is 9.52. The van der Waals surface area contributed by atoms with Gasteiger partial charge in [0.1, 0.15) is 0 Å². The molecule has 0 spiro atoms. The van der Waals surface area contributed by atoms with E-state index in [1.165, 1.54) is 0 Å². The molecule has 0 radical (unpaired) electrons. The molecule has 2 heterocycles. The Hall–Kier alpha value is -1.12. The Bertz CT molecular complexity index is 374. The van der Waals surface area contributed by atoms with Crippen LogP contribution in [-0.2, 0) is 4.79 Å². The van der Waals surface area contributed by atoms with Crippen LogP contribution in [0.15, 0.2) is 0 Å². The lowest BCUT2D eigenvalue weighted by Gasteiger charge is -2.38. The van der Waals surface area contributed by atoms with Gasteiger partial charge in [-0.3, -0.25) is 9.69 Å². The summed E-state index contributed by atoms with van der Waals surface area (Å²) in [5.74, 6) is 0.191. The zero-order valence-electron chi connectivity index (χ0n) is 12.8. The van der Waals surface area contributed by atoms with Crippen molar-refractivity contribution >= 4 is 5.91 Å². The Morgan fingerprint density at radius 2 is 1.55 bits per heavy atom. The molecule has 0 aromatic carbocycles. The van der Waals surface area contributed by atoms with Gasteiger partial charge in [0, 0.05) is 46.2 Å². The maximum absolute atomic E-state index is 11.3. The molecular formula is C15H26N4O. The summed E-state index contributed by atoms with van der Waals surface area (Å²) in [5, 5.41) is 9.13. The fourth-order valence-electron chi connectivity index (χ4n) is 2.95. The zero-order chi connectivity index (χ0) is 14.6. The molecule has 0 N–H and O–H groups in total. The maximum Gasteiger partial charge on any atom is 0.219 e. The first-order valence-corrected chi connectivity index (χ1v) is 7.64. The van der Waals surface area contributed by atoms with Crippen LogP contribution in [0.5, 0.6) is 0 Å². The summed E-state index contributed by atoms with van der Waals surface area (Å²) < 4.78 is 0. The van der Waals surface area contributed by atoms with Gasteiger partial charge in [-0.05, 0) is 32.9 Å². The van der Waals surface area contributed by atoms with Gasteiger partial charge in [-0.1, -0.05) is 0 Å². The molecule has 0 aliphatic carbocycles. The van der Waals surface area contributed by atoms with Crippen molar-refractivity contribution in [2.24, 2.45) is 5.41 Å². The number of likely N-dealkylation sites (tertiary alicyclic amines) is 1. The van der Waals surface area contributed by atoms with Crippen molar-refractivity contribution in [1.29, 1.82) is 5.26 Å². The highest BCUT2D eigenvalue weighted by molar-refractivity contribution is 5.73. The molecule has 20 heavy (non-hydrogen) atoms.